The molecule has 7 heteroatoms. The number of carbonyl (C=O) groups is 4. The van der Waals surface area contributed by atoms with Crippen LogP contribution in [0.1, 0.15) is 51.7 Å². The molecule has 0 spiro atoms. The van der Waals surface area contributed by atoms with Crippen molar-refractivity contribution in [3.63, 3.8) is 0 Å². The van der Waals surface area contributed by atoms with E-state index in [0.717, 1.165) is 16.0 Å². The molecule has 0 bridgehead atoms. The number of benzene rings is 3. The SMILES string of the molecule is CC(C)[C@@H](C(=O)NC(=O)NC(c1ccccc1)c1ccccc1)N1C(=O)c2ccccc2C1=O. The lowest BCUT2D eigenvalue weighted by Crippen LogP contribution is -2.55. The van der Waals surface area contributed by atoms with Crippen molar-refractivity contribution in [1.82, 2.24) is 15.5 Å². The quantitative estimate of drug-likeness (QED) is 0.551. The summed E-state index contributed by atoms with van der Waals surface area (Å²) in [4.78, 5) is 52.8. The van der Waals surface area contributed by atoms with Gasteiger partial charge >= 0.3 is 6.03 Å². The van der Waals surface area contributed by atoms with Gasteiger partial charge in [-0.3, -0.25) is 24.6 Å². The summed E-state index contributed by atoms with van der Waals surface area (Å²) >= 11 is 0. The van der Waals surface area contributed by atoms with Crippen molar-refractivity contribution in [2.45, 2.75) is 25.9 Å². The third-order valence-corrected chi connectivity index (χ3v) is 5.78. The molecule has 172 valence electrons. The highest BCUT2D eigenvalue weighted by Gasteiger charge is 2.44. The summed E-state index contributed by atoms with van der Waals surface area (Å²) in [6.07, 6.45) is 0. The highest BCUT2D eigenvalue weighted by atomic mass is 16.2. The molecule has 1 heterocycles. The lowest BCUT2D eigenvalue weighted by Gasteiger charge is -2.28. The summed E-state index contributed by atoms with van der Waals surface area (Å²) in [7, 11) is 0. The predicted octanol–water partition coefficient (Wildman–Crippen LogP) is 3.92. The minimum Gasteiger partial charge on any atom is -0.327 e. The van der Waals surface area contributed by atoms with Crippen molar-refractivity contribution in [2.75, 3.05) is 0 Å². The van der Waals surface area contributed by atoms with E-state index in [2.05, 4.69) is 10.6 Å². The zero-order valence-electron chi connectivity index (χ0n) is 18.9. The summed E-state index contributed by atoms with van der Waals surface area (Å²) in [5.41, 5.74) is 2.20. The van der Waals surface area contributed by atoms with Gasteiger partial charge in [-0.25, -0.2) is 4.79 Å². The van der Waals surface area contributed by atoms with Crippen LogP contribution in [0.2, 0.25) is 0 Å². The van der Waals surface area contributed by atoms with Crippen molar-refractivity contribution >= 4 is 23.8 Å². The summed E-state index contributed by atoms with van der Waals surface area (Å²) in [6, 6.07) is 22.9. The van der Waals surface area contributed by atoms with E-state index in [-0.39, 0.29) is 11.1 Å². The van der Waals surface area contributed by atoms with Gasteiger partial charge in [0.2, 0.25) is 0 Å². The van der Waals surface area contributed by atoms with Crippen LogP contribution in [0.4, 0.5) is 4.79 Å². The Labute approximate surface area is 197 Å². The first-order valence-corrected chi connectivity index (χ1v) is 11.1. The Kier molecular flexibility index (Phi) is 6.54. The van der Waals surface area contributed by atoms with Crippen LogP contribution < -0.4 is 10.6 Å². The van der Waals surface area contributed by atoms with Gasteiger partial charge in [-0.05, 0) is 29.2 Å². The molecule has 0 aliphatic carbocycles. The second-order valence-electron chi connectivity index (χ2n) is 8.43. The molecule has 1 aliphatic rings. The molecule has 0 fully saturated rings. The second-order valence-corrected chi connectivity index (χ2v) is 8.43. The van der Waals surface area contributed by atoms with Crippen LogP contribution in [-0.4, -0.2) is 34.7 Å². The Hall–Kier alpha value is -4.26. The van der Waals surface area contributed by atoms with Gasteiger partial charge in [0.05, 0.1) is 17.2 Å². The van der Waals surface area contributed by atoms with Crippen LogP contribution in [-0.2, 0) is 4.79 Å². The van der Waals surface area contributed by atoms with Crippen molar-refractivity contribution in [2.24, 2.45) is 5.92 Å². The molecule has 0 aromatic heterocycles. The average molecular weight is 456 g/mol. The van der Waals surface area contributed by atoms with E-state index in [9.17, 15) is 19.2 Å². The lowest BCUT2D eigenvalue weighted by molar-refractivity contribution is -0.125. The third kappa shape index (κ3) is 4.45. The van der Waals surface area contributed by atoms with Crippen LogP contribution in [0.3, 0.4) is 0 Å². The summed E-state index contributed by atoms with van der Waals surface area (Å²) < 4.78 is 0. The standard InChI is InChI=1S/C27H25N3O4/c1-17(2)23(30-25(32)20-15-9-10-16-21(20)26(30)33)24(31)29-27(34)28-22(18-11-5-3-6-12-18)19-13-7-4-8-14-19/h3-17,22-23H,1-2H3,(H2,28,29,31,34)/t23-/m0/s1. The van der Waals surface area contributed by atoms with Crippen LogP contribution in [0.25, 0.3) is 0 Å². The Morgan fingerprint density at radius 2 is 1.15 bits per heavy atom. The highest BCUT2D eigenvalue weighted by molar-refractivity contribution is 6.23. The van der Waals surface area contributed by atoms with E-state index >= 15 is 0 Å². The van der Waals surface area contributed by atoms with E-state index in [4.69, 9.17) is 0 Å². The number of nitrogens with zero attached hydrogens (tertiary/aromatic N) is 1. The summed E-state index contributed by atoms with van der Waals surface area (Å²) in [5.74, 6) is -2.21. The normalized spacial score (nSPS) is 13.7. The first kappa shape index (κ1) is 22.9. The molecule has 0 saturated carbocycles. The zero-order chi connectivity index (χ0) is 24.2. The first-order valence-electron chi connectivity index (χ1n) is 11.1. The number of hydrogen-bond donors (Lipinski definition) is 2. The first-order chi connectivity index (χ1) is 16.4. The molecule has 5 amide bonds. The monoisotopic (exact) mass is 455 g/mol. The number of rotatable bonds is 6. The Bertz CT molecular complexity index is 1150. The van der Waals surface area contributed by atoms with Crippen LogP contribution >= 0.6 is 0 Å². The molecular formula is C27H25N3O4. The highest BCUT2D eigenvalue weighted by Crippen LogP contribution is 2.27. The van der Waals surface area contributed by atoms with E-state index in [1.807, 2.05) is 60.7 Å². The van der Waals surface area contributed by atoms with Gasteiger partial charge in [0, 0.05) is 0 Å². The fraction of sp³-hybridized carbons (Fsp3) is 0.185. The van der Waals surface area contributed by atoms with Gasteiger partial charge in [0.15, 0.2) is 0 Å². The second kappa shape index (κ2) is 9.70. The van der Waals surface area contributed by atoms with Crippen LogP contribution in [0, 0.1) is 5.92 Å². The number of carbonyl (C=O) groups excluding carboxylic acids is 4. The van der Waals surface area contributed by atoms with Crippen LogP contribution in [0.5, 0.6) is 0 Å². The molecule has 0 unspecified atom stereocenters. The fourth-order valence-corrected chi connectivity index (χ4v) is 4.18. The number of fused-ring (bicyclic) bond motifs is 1. The largest absolute Gasteiger partial charge is 0.327 e. The maximum absolute atomic E-state index is 13.2. The van der Waals surface area contributed by atoms with E-state index in [1.165, 1.54) is 0 Å². The van der Waals surface area contributed by atoms with Gasteiger partial charge in [0.1, 0.15) is 6.04 Å². The number of nitrogens with one attached hydrogen (secondary N) is 2. The van der Waals surface area contributed by atoms with Gasteiger partial charge in [-0.15, -0.1) is 0 Å². The average Bonchev–Trinajstić information content (AvgIpc) is 3.09. The summed E-state index contributed by atoms with van der Waals surface area (Å²) in [6.45, 7) is 3.45. The molecular weight excluding hydrogens is 430 g/mol. The lowest BCUT2D eigenvalue weighted by atomic mass is 9.99. The van der Waals surface area contributed by atoms with E-state index < -0.39 is 41.8 Å². The van der Waals surface area contributed by atoms with Crippen molar-refractivity contribution < 1.29 is 19.2 Å². The third-order valence-electron chi connectivity index (χ3n) is 5.78. The molecule has 3 aromatic rings. The molecule has 0 radical (unpaired) electrons. The van der Waals surface area contributed by atoms with Gasteiger partial charge < -0.3 is 5.32 Å². The minimum atomic E-state index is -1.13. The van der Waals surface area contributed by atoms with Crippen molar-refractivity contribution in [3.05, 3.63) is 107 Å². The molecule has 2 N–H and O–H groups in total. The van der Waals surface area contributed by atoms with E-state index in [1.54, 1.807) is 38.1 Å². The summed E-state index contributed by atoms with van der Waals surface area (Å²) in [5, 5.41) is 5.19. The van der Waals surface area contributed by atoms with Gasteiger partial charge in [-0.1, -0.05) is 86.6 Å². The number of hydrogen-bond acceptors (Lipinski definition) is 4. The molecule has 0 saturated heterocycles. The molecule has 1 aliphatic heterocycles. The Morgan fingerprint density at radius 1 is 0.706 bits per heavy atom. The molecule has 7 nitrogen and oxygen atoms in total. The molecule has 3 aromatic carbocycles. The molecule has 34 heavy (non-hydrogen) atoms. The maximum atomic E-state index is 13.2. The van der Waals surface area contributed by atoms with Crippen LogP contribution in [0.15, 0.2) is 84.9 Å². The van der Waals surface area contributed by atoms with Crippen molar-refractivity contribution in [1.29, 1.82) is 0 Å². The zero-order valence-corrected chi connectivity index (χ0v) is 18.9. The predicted molar refractivity (Wildman–Crippen MR) is 127 cm³/mol. The smallest absolute Gasteiger partial charge is 0.322 e. The topological polar surface area (TPSA) is 95.6 Å². The number of amides is 5. The molecule has 4 rings (SSSR count). The number of imide groups is 2. The van der Waals surface area contributed by atoms with Gasteiger partial charge in [0.25, 0.3) is 17.7 Å². The van der Waals surface area contributed by atoms with E-state index in [0.29, 0.717) is 0 Å². The minimum absolute atomic E-state index is 0.253. The Morgan fingerprint density at radius 3 is 1.59 bits per heavy atom. The van der Waals surface area contributed by atoms with Gasteiger partial charge in [-0.2, -0.15) is 0 Å². The fourth-order valence-electron chi connectivity index (χ4n) is 4.18. The molecule has 1 atom stereocenters. The number of urea groups is 1. The Balaban J connectivity index is 1.54. The maximum Gasteiger partial charge on any atom is 0.322 e. The van der Waals surface area contributed by atoms with Crippen molar-refractivity contribution in [3.8, 4) is 0 Å².